The van der Waals surface area contributed by atoms with Gasteiger partial charge >= 0.3 is 0 Å². The van der Waals surface area contributed by atoms with Crippen LogP contribution in [-0.2, 0) is 0 Å². The number of nitrogens with zero attached hydrogens (tertiary/aromatic N) is 1. The summed E-state index contributed by atoms with van der Waals surface area (Å²) >= 11 is 0. The summed E-state index contributed by atoms with van der Waals surface area (Å²) in [6, 6.07) is 1.78. The van der Waals surface area contributed by atoms with E-state index in [4.69, 9.17) is 9.41 Å². The van der Waals surface area contributed by atoms with E-state index in [1.165, 1.54) is 6.26 Å². The summed E-state index contributed by atoms with van der Waals surface area (Å²) < 4.78 is 5.18. The molecule has 0 aliphatic carbocycles. The zero-order chi connectivity index (χ0) is 20.1. The number of halogens is 1. The van der Waals surface area contributed by atoms with Gasteiger partial charge in [0.2, 0.25) is 0 Å². The number of guanidine groups is 1. The first-order valence-electron chi connectivity index (χ1n) is 9.97. The lowest BCUT2D eigenvalue weighted by Crippen LogP contribution is -2.40. The average molecular weight is 508 g/mol. The van der Waals surface area contributed by atoms with Crippen LogP contribution < -0.4 is 16.0 Å². The minimum Gasteiger partial charge on any atom is -0.459 e. The van der Waals surface area contributed by atoms with Crippen LogP contribution in [0.3, 0.4) is 0 Å². The molecule has 1 rings (SSSR count). The number of carbonyl (C=O) groups excluding carboxylic acids is 1. The highest BCUT2D eigenvalue weighted by molar-refractivity contribution is 14.0. The maximum absolute atomic E-state index is 12.0. The molecule has 162 valence electrons. The van der Waals surface area contributed by atoms with Gasteiger partial charge in [-0.25, -0.2) is 0 Å². The third-order valence-electron chi connectivity index (χ3n) is 5.06. The van der Waals surface area contributed by atoms with Gasteiger partial charge in [0, 0.05) is 38.3 Å². The number of hydrogen-bond donors (Lipinski definition) is 4. The van der Waals surface area contributed by atoms with Crippen molar-refractivity contribution in [1.29, 1.82) is 0 Å². The second-order valence-electron chi connectivity index (χ2n) is 6.84. The molecule has 0 radical (unpaired) electrons. The number of hydrogen-bond acceptors (Lipinski definition) is 4. The predicted octanol–water partition coefficient (Wildman–Crippen LogP) is 3.07. The van der Waals surface area contributed by atoms with Gasteiger partial charge in [0.05, 0.1) is 6.26 Å². The molecule has 0 unspecified atom stereocenters. The Hall–Kier alpha value is -1.29. The molecule has 7 nitrogen and oxygen atoms in total. The van der Waals surface area contributed by atoms with Gasteiger partial charge < -0.3 is 25.5 Å². The number of aliphatic hydroxyl groups is 1. The molecule has 28 heavy (non-hydrogen) atoms. The molecule has 0 spiro atoms. The number of aliphatic hydroxyl groups excluding tert-OH is 1. The standard InChI is InChI=1S/C20H36N4O3.HI/c1-5-20(6-2,10-13-25)15-24-19(21-7-3)23-12-8-11-22-18(26)17-16(4)9-14-27-17;/h9,14,25H,5-8,10-13,15H2,1-4H3,(H,22,26)(H2,21,23,24);1H. The van der Waals surface area contributed by atoms with E-state index in [2.05, 4.69) is 29.8 Å². The summed E-state index contributed by atoms with van der Waals surface area (Å²) in [4.78, 5) is 16.7. The first-order valence-corrected chi connectivity index (χ1v) is 9.97. The zero-order valence-electron chi connectivity index (χ0n) is 17.6. The first-order chi connectivity index (χ1) is 13.0. The predicted molar refractivity (Wildman–Crippen MR) is 125 cm³/mol. The lowest BCUT2D eigenvalue weighted by molar-refractivity contribution is 0.0925. The van der Waals surface area contributed by atoms with Crippen LogP contribution in [0.25, 0.3) is 0 Å². The molecule has 0 aliphatic rings. The van der Waals surface area contributed by atoms with Crippen LogP contribution in [0, 0.1) is 12.3 Å². The van der Waals surface area contributed by atoms with E-state index in [0.29, 0.717) is 25.4 Å². The summed E-state index contributed by atoms with van der Waals surface area (Å²) in [6.07, 6.45) is 5.05. The second-order valence-corrected chi connectivity index (χ2v) is 6.84. The number of aliphatic imine (C=N–C) groups is 1. The van der Waals surface area contributed by atoms with Gasteiger partial charge in [-0.15, -0.1) is 24.0 Å². The summed E-state index contributed by atoms with van der Waals surface area (Å²) in [7, 11) is 0. The maximum Gasteiger partial charge on any atom is 0.287 e. The van der Waals surface area contributed by atoms with Crippen molar-refractivity contribution >= 4 is 35.8 Å². The maximum atomic E-state index is 12.0. The molecule has 0 aromatic carbocycles. The van der Waals surface area contributed by atoms with Gasteiger partial charge in [0.1, 0.15) is 0 Å². The van der Waals surface area contributed by atoms with E-state index in [9.17, 15) is 9.90 Å². The summed E-state index contributed by atoms with van der Waals surface area (Å²) in [5.41, 5.74) is 0.886. The molecule has 8 heteroatoms. The van der Waals surface area contributed by atoms with Crippen molar-refractivity contribution in [3.8, 4) is 0 Å². The molecule has 1 amide bonds. The van der Waals surface area contributed by atoms with Crippen molar-refractivity contribution in [2.24, 2.45) is 10.4 Å². The monoisotopic (exact) mass is 508 g/mol. The molecule has 1 aromatic heterocycles. The minimum absolute atomic E-state index is 0. The third-order valence-corrected chi connectivity index (χ3v) is 5.06. The number of nitrogens with one attached hydrogen (secondary N) is 3. The van der Waals surface area contributed by atoms with Crippen molar-refractivity contribution < 1.29 is 14.3 Å². The number of aryl methyl sites for hydroxylation is 1. The molecule has 1 heterocycles. The van der Waals surface area contributed by atoms with Crippen molar-refractivity contribution in [2.45, 2.75) is 53.4 Å². The molecule has 0 atom stereocenters. The zero-order valence-corrected chi connectivity index (χ0v) is 20.0. The van der Waals surface area contributed by atoms with Crippen molar-refractivity contribution in [2.75, 3.05) is 32.8 Å². The van der Waals surface area contributed by atoms with E-state index < -0.39 is 0 Å². The summed E-state index contributed by atoms with van der Waals surface area (Å²) in [5.74, 6) is 0.963. The average Bonchev–Trinajstić information content (AvgIpc) is 3.10. The number of furan rings is 1. The molecular weight excluding hydrogens is 471 g/mol. The SMILES string of the molecule is CCNC(=NCC(CC)(CC)CCO)NCCCNC(=O)c1occc1C.I. The minimum atomic E-state index is -0.183. The van der Waals surface area contributed by atoms with Crippen LogP contribution >= 0.6 is 24.0 Å². The molecule has 0 aliphatic heterocycles. The van der Waals surface area contributed by atoms with Crippen LogP contribution in [-0.4, -0.2) is 49.8 Å². The van der Waals surface area contributed by atoms with E-state index in [1.807, 2.05) is 13.8 Å². The molecule has 0 saturated carbocycles. The van der Waals surface area contributed by atoms with E-state index >= 15 is 0 Å². The van der Waals surface area contributed by atoms with Gasteiger partial charge in [-0.1, -0.05) is 13.8 Å². The molecule has 1 aromatic rings. The van der Waals surface area contributed by atoms with Gasteiger partial charge in [-0.3, -0.25) is 9.79 Å². The largest absolute Gasteiger partial charge is 0.459 e. The topological polar surface area (TPSA) is 98.9 Å². The smallest absolute Gasteiger partial charge is 0.287 e. The van der Waals surface area contributed by atoms with E-state index in [0.717, 1.165) is 43.8 Å². The fourth-order valence-electron chi connectivity index (χ4n) is 2.91. The molecule has 4 N–H and O–H groups in total. The van der Waals surface area contributed by atoms with Gasteiger partial charge in [-0.2, -0.15) is 0 Å². The number of carbonyl (C=O) groups is 1. The van der Waals surface area contributed by atoms with Gasteiger partial charge in [0.15, 0.2) is 11.7 Å². The van der Waals surface area contributed by atoms with Crippen LogP contribution in [0.2, 0.25) is 0 Å². The highest BCUT2D eigenvalue weighted by Gasteiger charge is 2.25. The fraction of sp³-hybridized carbons (Fsp3) is 0.700. The van der Waals surface area contributed by atoms with E-state index in [1.54, 1.807) is 6.07 Å². The quantitative estimate of drug-likeness (QED) is 0.151. The molecule has 0 bridgehead atoms. The molecule has 0 saturated heterocycles. The van der Waals surface area contributed by atoms with Crippen molar-refractivity contribution in [3.05, 3.63) is 23.7 Å². The molecule has 0 fully saturated rings. The lowest BCUT2D eigenvalue weighted by Gasteiger charge is -2.29. The normalized spacial score (nSPS) is 11.7. The first kappa shape index (κ1) is 26.7. The van der Waals surface area contributed by atoms with E-state index in [-0.39, 0.29) is 41.9 Å². The van der Waals surface area contributed by atoms with Crippen LogP contribution in [0.1, 0.15) is 62.6 Å². The van der Waals surface area contributed by atoms with Crippen LogP contribution in [0.5, 0.6) is 0 Å². The van der Waals surface area contributed by atoms with Crippen LogP contribution in [0.4, 0.5) is 0 Å². The third kappa shape index (κ3) is 8.81. The van der Waals surface area contributed by atoms with Crippen molar-refractivity contribution in [3.63, 3.8) is 0 Å². The Morgan fingerprint density at radius 2 is 1.86 bits per heavy atom. The van der Waals surface area contributed by atoms with Gasteiger partial charge in [-0.05, 0) is 51.0 Å². The number of amides is 1. The fourth-order valence-corrected chi connectivity index (χ4v) is 2.91. The highest BCUT2D eigenvalue weighted by Crippen LogP contribution is 2.30. The highest BCUT2D eigenvalue weighted by atomic mass is 127. The second kappa shape index (κ2) is 14.7. The summed E-state index contributed by atoms with van der Waals surface area (Å²) in [5, 5.41) is 18.8. The lowest BCUT2D eigenvalue weighted by atomic mass is 9.79. The Kier molecular flexibility index (Phi) is 14.0. The van der Waals surface area contributed by atoms with Gasteiger partial charge in [0.25, 0.3) is 5.91 Å². The Morgan fingerprint density at radius 1 is 1.18 bits per heavy atom. The number of rotatable bonds is 12. The Labute approximate surface area is 186 Å². The Bertz CT molecular complexity index is 586. The Balaban J connectivity index is 0.00000729. The molecular formula is C20H37IN4O3. The Morgan fingerprint density at radius 3 is 2.39 bits per heavy atom. The van der Waals surface area contributed by atoms with Crippen LogP contribution in [0.15, 0.2) is 21.7 Å². The van der Waals surface area contributed by atoms with Crippen molar-refractivity contribution in [1.82, 2.24) is 16.0 Å². The summed E-state index contributed by atoms with van der Waals surface area (Å²) in [6.45, 7) is 11.1.